The van der Waals surface area contributed by atoms with Crippen LogP contribution in [0.5, 0.6) is 5.75 Å². The summed E-state index contributed by atoms with van der Waals surface area (Å²) in [5, 5.41) is 25.1. The van der Waals surface area contributed by atoms with E-state index in [1.807, 2.05) is 26.1 Å². The van der Waals surface area contributed by atoms with Crippen molar-refractivity contribution in [3.8, 4) is 17.1 Å². The molecule has 3 aliphatic carbocycles. The molecular formula is C25H31N7O5. The number of rotatable bonds is 10. The summed E-state index contributed by atoms with van der Waals surface area (Å²) < 4.78 is 18.8. The summed E-state index contributed by atoms with van der Waals surface area (Å²) in [5.41, 5.74) is 2.93. The number of fused-ring (bicyclic) bond motifs is 1. The maximum absolute atomic E-state index is 11.6. The number of pyridine rings is 1. The summed E-state index contributed by atoms with van der Waals surface area (Å²) in [6.45, 7) is 2.61. The van der Waals surface area contributed by atoms with Crippen LogP contribution in [0, 0.1) is 24.7 Å². The highest BCUT2D eigenvalue weighted by molar-refractivity contribution is 5.71. The van der Waals surface area contributed by atoms with Crippen molar-refractivity contribution in [1.29, 1.82) is 0 Å². The van der Waals surface area contributed by atoms with Gasteiger partial charge in [-0.05, 0) is 74.6 Å². The average Bonchev–Trinajstić information content (AvgIpc) is 3.17. The largest absolute Gasteiger partial charge is 0.489 e. The maximum Gasteiger partial charge on any atom is 0.306 e. The smallest absolute Gasteiger partial charge is 0.306 e. The average molecular weight is 510 g/mol. The van der Waals surface area contributed by atoms with Crippen molar-refractivity contribution in [3.05, 3.63) is 29.4 Å². The molecule has 0 radical (unpaired) electrons. The van der Waals surface area contributed by atoms with Crippen LogP contribution in [0.25, 0.3) is 11.4 Å². The number of carbonyl (C=O) groups is 1. The van der Waals surface area contributed by atoms with Crippen LogP contribution in [-0.4, -0.2) is 53.4 Å². The van der Waals surface area contributed by atoms with Crippen molar-refractivity contribution in [2.75, 3.05) is 5.32 Å². The van der Waals surface area contributed by atoms with Crippen LogP contribution < -0.4 is 10.1 Å². The molecule has 3 heterocycles. The number of hydrogen-bond donors (Lipinski definition) is 2. The molecule has 3 fully saturated rings. The molecule has 37 heavy (non-hydrogen) atoms. The predicted molar refractivity (Wildman–Crippen MR) is 129 cm³/mol. The maximum atomic E-state index is 11.6. The van der Waals surface area contributed by atoms with Crippen LogP contribution in [0.3, 0.4) is 0 Å². The van der Waals surface area contributed by atoms with E-state index in [-0.39, 0.29) is 17.9 Å². The number of hydrogen-bond acceptors (Lipinski definition) is 10. The Morgan fingerprint density at radius 1 is 1.19 bits per heavy atom. The van der Waals surface area contributed by atoms with Gasteiger partial charge in [-0.1, -0.05) is 5.21 Å². The van der Waals surface area contributed by atoms with Gasteiger partial charge in [0.2, 0.25) is 0 Å². The van der Waals surface area contributed by atoms with E-state index >= 15 is 0 Å². The Labute approximate surface area is 213 Å². The highest BCUT2D eigenvalue weighted by Crippen LogP contribution is 2.48. The van der Waals surface area contributed by atoms with E-state index < -0.39 is 5.97 Å². The van der Waals surface area contributed by atoms with Crippen LogP contribution >= 0.6 is 0 Å². The SMILES string of the molecule is Cc1nc(-c2nnn(C)c2CNc2noc(COC3CC3)n2)ccc1OC1CC2CCC(C(=O)O)C2C1. The summed E-state index contributed by atoms with van der Waals surface area (Å²) in [4.78, 5) is 20.6. The molecule has 0 spiro atoms. The van der Waals surface area contributed by atoms with E-state index in [0.717, 1.165) is 55.7 Å². The van der Waals surface area contributed by atoms with Gasteiger partial charge < -0.3 is 24.4 Å². The standard InChI is InChI=1S/C25H31N7O5/c1-13-21(36-16-9-14-3-6-17(24(33)34)18(14)10-16)8-7-19(27-13)23-20(32(2)31-29-23)11-26-25-28-22(37-30-25)12-35-15-4-5-15/h7-8,14-18H,3-6,9-12H2,1-2H3,(H,26,30)(H,33,34). The number of carboxylic acids is 1. The van der Waals surface area contributed by atoms with E-state index in [4.69, 9.17) is 19.0 Å². The second kappa shape index (κ2) is 9.73. The molecule has 0 amide bonds. The number of ether oxygens (including phenoxy) is 2. The third kappa shape index (κ3) is 5.02. The van der Waals surface area contributed by atoms with Crippen molar-refractivity contribution in [1.82, 2.24) is 30.1 Å². The summed E-state index contributed by atoms with van der Waals surface area (Å²) >= 11 is 0. The second-order valence-electron chi connectivity index (χ2n) is 10.3. The lowest BCUT2D eigenvalue weighted by Gasteiger charge is -2.18. The molecule has 2 N–H and O–H groups in total. The molecule has 3 aromatic rings. The molecule has 0 aliphatic heterocycles. The Morgan fingerprint density at radius 2 is 2.05 bits per heavy atom. The molecule has 3 aliphatic rings. The van der Waals surface area contributed by atoms with Gasteiger partial charge in [0.1, 0.15) is 18.1 Å². The molecule has 3 aromatic heterocycles. The fourth-order valence-corrected chi connectivity index (χ4v) is 5.67. The van der Waals surface area contributed by atoms with Gasteiger partial charge in [0.25, 0.3) is 11.8 Å². The van der Waals surface area contributed by atoms with Crippen LogP contribution in [-0.2, 0) is 29.7 Å². The zero-order chi connectivity index (χ0) is 25.5. The Morgan fingerprint density at radius 3 is 2.84 bits per heavy atom. The quantitative estimate of drug-likeness (QED) is 0.415. The molecule has 12 nitrogen and oxygen atoms in total. The van der Waals surface area contributed by atoms with E-state index in [9.17, 15) is 9.90 Å². The molecule has 6 rings (SSSR count). The molecule has 3 saturated carbocycles. The first-order valence-corrected chi connectivity index (χ1v) is 12.9. The Bertz CT molecular complexity index is 1290. The van der Waals surface area contributed by atoms with Gasteiger partial charge in [-0.25, -0.2) is 9.67 Å². The summed E-state index contributed by atoms with van der Waals surface area (Å²) in [6.07, 6.45) is 5.96. The summed E-state index contributed by atoms with van der Waals surface area (Å²) in [7, 11) is 1.82. The highest BCUT2D eigenvalue weighted by Gasteiger charge is 2.47. The first-order chi connectivity index (χ1) is 17.9. The van der Waals surface area contributed by atoms with Gasteiger partial charge in [0, 0.05) is 7.05 Å². The third-order valence-corrected chi connectivity index (χ3v) is 7.75. The van der Waals surface area contributed by atoms with Gasteiger partial charge in [-0.3, -0.25) is 4.79 Å². The second-order valence-corrected chi connectivity index (χ2v) is 10.3. The molecule has 0 aromatic carbocycles. The molecule has 0 saturated heterocycles. The summed E-state index contributed by atoms with van der Waals surface area (Å²) in [5.74, 6) is 1.28. The third-order valence-electron chi connectivity index (χ3n) is 7.75. The first-order valence-electron chi connectivity index (χ1n) is 12.9. The molecule has 4 unspecified atom stereocenters. The minimum atomic E-state index is -0.674. The lowest BCUT2D eigenvalue weighted by atomic mass is 9.92. The first kappa shape index (κ1) is 23.8. The molecule has 4 atom stereocenters. The monoisotopic (exact) mass is 509 g/mol. The lowest BCUT2D eigenvalue weighted by Crippen LogP contribution is -2.21. The van der Waals surface area contributed by atoms with E-state index in [0.29, 0.717) is 48.4 Å². The van der Waals surface area contributed by atoms with Gasteiger partial charge in [0.05, 0.1) is 41.8 Å². The Hall–Kier alpha value is -3.54. The normalized spacial score (nSPS) is 24.8. The van der Waals surface area contributed by atoms with Crippen molar-refractivity contribution < 1.29 is 23.9 Å². The predicted octanol–water partition coefficient (Wildman–Crippen LogP) is 3.13. The van der Waals surface area contributed by atoms with Crippen LogP contribution in [0.4, 0.5) is 5.95 Å². The number of nitrogens with one attached hydrogen (secondary N) is 1. The molecule has 12 heteroatoms. The highest BCUT2D eigenvalue weighted by atomic mass is 16.5. The fraction of sp³-hybridized carbons (Fsp3) is 0.600. The number of anilines is 1. The van der Waals surface area contributed by atoms with Crippen molar-refractivity contribution >= 4 is 11.9 Å². The summed E-state index contributed by atoms with van der Waals surface area (Å²) in [6, 6.07) is 3.80. The van der Waals surface area contributed by atoms with Crippen LogP contribution in [0.2, 0.25) is 0 Å². The fourth-order valence-electron chi connectivity index (χ4n) is 5.67. The number of aryl methyl sites for hydroxylation is 2. The van der Waals surface area contributed by atoms with Gasteiger partial charge in [-0.2, -0.15) is 4.98 Å². The Balaban J connectivity index is 1.10. The zero-order valence-corrected chi connectivity index (χ0v) is 21.0. The van der Waals surface area contributed by atoms with Gasteiger partial charge in [-0.15, -0.1) is 5.10 Å². The van der Waals surface area contributed by atoms with Crippen LogP contribution in [0.1, 0.15) is 55.8 Å². The number of aliphatic carboxylic acids is 1. The Kier molecular flexibility index (Phi) is 6.27. The van der Waals surface area contributed by atoms with Crippen molar-refractivity contribution in [3.63, 3.8) is 0 Å². The minimum Gasteiger partial charge on any atom is -0.489 e. The molecular weight excluding hydrogens is 478 g/mol. The lowest BCUT2D eigenvalue weighted by molar-refractivity contribution is -0.143. The van der Waals surface area contributed by atoms with E-state index in [1.54, 1.807) is 4.68 Å². The van der Waals surface area contributed by atoms with Crippen LogP contribution in [0.15, 0.2) is 16.7 Å². The van der Waals surface area contributed by atoms with Crippen molar-refractivity contribution in [2.24, 2.45) is 24.8 Å². The van der Waals surface area contributed by atoms with E-state index in [2.05, 4.69) is 25.8 Å². The van der Waals surface area contributed by atoms with Crippen molar-refractivity contribution in [2.45, 2.75) is 70.8 Å². The van der Waals surface area contributed by atoms with Gasteiger partial charge in [0.15, 0.2) is 0 Å². The molecule has 196 valence electrons. The minimum absolute atomic E-state index is 0.0225. The van der Waals surface area contributed by atoms with E-state index in [1.165, 1.54) is 0 Å². The zero-order valence-electron chi connectivity index (χ0n) is 21.0. The van der Waals surface area contributed by atoms with Gasteiger partial charge >= 0.3 is 5.97 Å². The molecule has 0 bridgehead atoms. The number of aromatic nitrogens is 6. The number of carboxylic acid groups (broad SMARTS) is 1. The topological polar surface area (TPSA) is 150 Å². The number of nitrogens with zero attached hydrogens (tertiary/aromatic N) is 6.